The number of hydrogen-bond donors (Lipinski definition) is 1. The summed E-state index contributed by atoms with van der Waals surface area (Å²) in [4.78, 5) is 11.1. The van der Waals surface area contributed by atoms with Crippen molar-refractivity contribution in [3.8, 4) is 0 Å². The minimum absolute atomic E-state index is 0.00263. The van der Waals surface area contributed by atoms with Gasteiger partial charge in [-0.05, 0) is 30.0 Å². The number of halogens is 1. The number of hydrogen-bond acceptors (Lipinski definition) is 3. The number of piperidine rings is 1. The molecule has 0 bridgehead atoms. The topological polar surface area (TPSA) is 74.7 Å². The molecule has 1 aliphatic rings. The molecule has 1 aromatic carbocycles. The van der Waals surface area contributed by atoms with Gasteiger partial charge in [-0.1, -0.05) is 19.1 Å². The van der Waals surface area contributed by atoms with Crippen LogP contribution in [-0.4, -0.2) is 36.9 Å². The summed E-state index contributed by atoms with van der Waals surface area (Å²) in [6.45, 7) is 2.17. The first kappa shape index (κ1) is 15.9. The van der Waals surface area contributed by atoms with Crippen LogP contribution in [0.5, 0.6) is 0 Å². The number of sulfonamides is 1. The molecule has 5 nitrogen and oxygen atoms in total. The Bertz CT molecular complexity index is 614. The molecule has 0 aliphatic carbocycles. The van der Waals surface area contributed by atoms with Gasteiger partial charge in [0.25, 0.3) is 0 Å². The predicted molar refractivity (Wildman–Crippen MR) is 75.5 cm³/mol. The van der Waals surface area contributed by atoms with Crippen LogP contribution in [0, 0.1) is 17.7 Å². The van der Waals surface area contributed by atoms with E-state index in [1.807, 2.05) is 6.92 Å². The SMILES string of the molecule is CC1CC(C(=O)O)CN(S(=O)(=O)Cc2ccc(F)cc2)C1. The lowest BCUT2D eigenvalue weighted by atomic mass is 9.92. The van der Waals surface area contributed by atoms with E-state index in [0.29, 0.717) is 18.5 Å². The smallest absolute Gasteiger partial charge is 0.307 e. The molecule has 116 valence electrons. The van der Waals surface area contributed by atoms with Crippen LogP contribution >= 0.6 is 0 Å². The molecule has 0 amide bonds. The van der Waals surface area contributed by atoms with Gasteiger partial charge in [-0.25, -0.2) is 17.1 Å². The lowest BCUT2D eigenvalue weighted by molar-refractivity contribution is -0.143. The molecule has 21 heavy (non-hydrogen) atoms. The van der Waals surface area contributed by atoms with Crippen molar-refractivity contribution in [2.75, 3.05) is 13.1 Å². The largest absolute Gasteiger partial charge is 0.481 e. The third-order valence-electron chi connectivity index (χ3n) is 3.63. The molecular formula is C14H18FNO4S. The Morgan fingerprint density at radius 3 is 2.52 bits per heavy atom. The normalized spacial score (nSPS) is 23.9. The first-order valence-electron chi connectivity index (χ1n) is 6.73. The molecule has 0 aromatic heterocycles. The van der Waals surface area contributed by atoms with Gasteiger partial charge in [0, 0.05) is 13.1 Å². The standard InChI is InChI=1S/C14H18FNO4S/c1-10-6-12(14(17)18)8-16(7-10)21(19,20)9-11-2-4-13(15)5-3-11/h2-5,10,12H,6-9H2,1H3,(H,17,18). The summed E-state index contributed by atoms with van der Waals surface area (Å²) in [5.41, 5.74) is 0.488. The van der Waals surface area contributed by atoms with Crippen LogP contribution in [0.3, 0.4) is 0 Å². The van der Waals surface area contributed by atoms with E-state index in [4.69, 9.17) is 5.11 Å². The van der Waals surface area contributed by atoms with Crippen LogP contribution in [0.25, 0.3) is 0 Å². The van der Waals surface area contributed by atoms with E-state index in [1.54, 1.807) is 0 Å². The first-order chi connectivity index (χ1) is 9.78. The highest BCUT2D eigenvalue weighted by molar-refractivity contribution is 7.88. The van der Waals surface area contributed by atoms with Gasteiger partial charge in [-0.15, -0.1) is 0 Å². The molecule has 0 saturated carbocycles. The van der Waals surface area contributed by atoms with Gasteiger partial charge in [0.2, 0.25) is 10.0 Å². The van der Waals surface area contributed by atoms with Crippen LogP contribution in [0.1, 0.15) is 18.9 Å². The number of carbonyl (C=O) groups is 1. The number of nitrogens with zero attached hydrogens (tertiary/aromatic N) is 1. The maximum atomic E-state index is 12.8. The minimum Gasteiger partial charge on any atom is -0.481 e. The molecule has 1 saturated heterocycles. The van der Waals surface area contributed by atoms with Gasteiger partial charge in [-0.3, -0.25) is 4.79 Å². The summed E-state index contributed by atoms with van der Waals surface area (Å²) in [6.07, 6.45) is 0.484. The number of aliphatic carboxylic acids is 1. The summed E-state index contributed by atoms with van der Waals surface area (Å²) in [5, 5.41) is 9.10. The van der Waals surface area contributed by atoms with Gasteiger partial charge in [0.1, 0.15) is 5.82 Å². The number of benzene rings is 1. The quantitative estimate of drug-likeness (QED) is 0.917. The van der Waals surface area contributed by atoms with Crippen molar-refractivity contribution in [3.05, 3.63) is 35.6 Å². The molecule has 2 atom stereocenters. The molecule has 0 spiro atoms. The van der Waals surface area contributed by atoms with E-state index in [9.17, 15) is 17.6 Å². The van der Waals surface area contributed by atoms with Gasteiger partial charge in [0.15, 0.2) is 0 Å². The van der Waals surface area contributed by atoms with Crippen LogP contribution in [0.4, 0.5) is 4.39 Å². The van der Waals surface area contributed by atoms with E-state index in [-0.39, 0.29) is 18.2 Å². The van der Waals surface area contributed by atoms with Crippen molar-refractivity contribution in [2.24, 2.45) is 11.8 Å². The third kappa shape index (κ3) is 4.01. The number of carboxylic acids is 1. The highest BCUT2D eigenvalue weighted by Gasteiger charge is 2.35. The highest BCUT2D eigenvalue weighted by atomic mass is 32.2. The molecule has 7 heteroatoms. The van der Waals surface area contributed by atoms with Crippen molar-refractivity contribution in [3.63, 3.8) is 0 Å². The number of carboxylic acid groups (broad SMARTS) is 1. The molecular weight excluding hydrogens is 297 g/mol. The maximum Gasteiger partial charge on any atom is 0.307 e. The second-order valence-corrected chi connectivity index (χ2v) is 7.54. The van der Waals surface area contributed by atoms with Crippen molar-refractivity contribution < 1.29 is 22.7 Å². The fraction of sp³-hybridized carbons (Fsp3) is 0.500. The van der Waals surface area contributed by atoms with Gasteiger partial charge < -0.3 is 5.11 Å². The predicted octanol–water partition coefficient (Wildman–Crippen LogP) is 1.70. The van der Waals surface area contributed by atoms with E-state index in [1.165, 1.54) is 28.6 Å². The lowest BCUT2D eigenvalue weighted by Gasteiger charge is -2.33. The zero-order valence-corrected chi connectivity index (χ0v) is 12.5. The van der Waals surface area contributed by atoms with Crippen molar-refractivity contribution >= 4 is 16.0 Å². The van der Waals surface area contributed by atoms with Crippen molar-refractivity contribution in [1.29, 1.82) is 0 Å². The molecule has 0 radical (unpaired) electrons. The fourth-order valence-corrected chi connectivity index (χ4v) is 4.28. The Balaban J connectivity index is 2.14. The molecule has 1 aliphatic heterocycles. The summed E-state index contributed by atoms with van der Waals surface area (Å²) in [5.74, 6) is -2.30. The summed E-state index contributed by atoms with van der Waals surface area (Å²) in [7, 11) is -3.60. The monoisotopic (exact) mass is 315 g/mol. The van der Waals surface area contributed by atoms with Crippen molar-refractivity contribution in [1.82, 2.24) is 4.31 Å². The average molecular weight is 315 g/mol. The number of rotatable bonds is 4. The van der Waals surface area contributed by atoms with Gasteiger partial charge >= 0.3 is 5.97 Å². The zero-order chi connectivity index (χ0) is 15.6. The Kier molecular flexibility index (Phi) is 4.63. The van der Waals surface area contributed by atoms with E-state index in [2.05, 4.69) is 0 Å². The molecule has 2 unspecified atom stereocenters. The second kappa shape index (κ2) is 6.11. The van der Waals surface area contributed by atoms with Crippen LogP contribution < -0.4 is 0 Å². The van der Waals surface area contributed by atoms with Gasteiger partial charge in [-0.2, -0.15) is 0 Å². The van der Waals surface area contributed by atoms with Crippen LogP contribution in [-0.2, 0) is 20.6 Å². The molecule has 1 fully saturated rings. The third-order valence-corrected chi connectivity index (χ3v) is 5.41. The molecule has 1 heterocycles. The summed E-state index contributed by atoms with van der Waals surface area (Å²) < 4.78 is 38.9. The Morgan fingerprint density at radius 1 is 1.33 bits per heavy atom. The van der Waals surface area contributed by atoms with E-state index >= 15 is 0 Å². The Morgan fingerprint density at radius 2 is 1.95 bits per heavy atom. The highest BCUT2D eigenvalue weighted by Crippen LogP contribution is 2.25. The van der Waals surface area contributed by atoms with E-state index < -0.39 is 27.7 Å². The van der Waals surface area contributed by atoms with Crippen LogP contribution in [0.15, 0.2) is 24.3 Å². The van der Waals surface area contributed by atoms with Crippen LogP contribution in [0.2, 0.25) is 0 Å². The van der Waals surface area contributed by atoms with Gasteiger partial charge in [0.05, 0.1) is 11.7 Å². The van der Waals surface area contributed by atoms with E-state index in [0.717, 1.165) is 0 Å². The fourth-order valence-electron chi connectivity index (χ4n) is 2.59. The summed E-state index contributed by atoms with van der Waals surface area (Å²) >= 11 is 0. The zero-order valence-electron chi connectivity index (χ0n) is 11.7. The first-order valence-corrected chi connectivity index (χ1v) is 8.34. The van der Waals surface area contributed by atoms with Crippen molar-refractivity contribution in [2.45, 2.75) is 19.1 Å². The lowest BCUT2D eigenvalue weighted by Crippen LogP contribution is -2.45. The average Bonchev–Trinajstić information content (AvgIpc) is 2.40. The maximum absolute atomic E-state index is 12.8. The second-order valence-electron chi connectivity index (χ2n) is 5.58. The Hall–Kier alpha value is -1.47. The minimum atomic E-state index is -3.60. The summed E-state index contributed by atoms with van der Waals surface area (Å²) in [6, 6.07) is 5.28. The molecule has 1 N–H and O–H groups in total. The molecule has 1 aromatic rings. The molecule has 2 rings (SSSR count). The Labute approximate surface area is 123 Å².